The van der Waals surface area contributed by atoms with Gasteiger partial charge in [-0.15, -0.1) is 0 Å². The molecule has 0 bridgehead atoms. The fraction of sp³-hybridized carbons (Fsp3) is 0.240. The Kier molecular flexibility index (Phi) is 6.97. The van der Waals surface area contributed by atoms with Gasteiger partial charge in [-0.25, -0.2) is 17.6 Å². The smallest absolute Gasteiger partial charge is 0.262 e. The molecule has 0 amide bonds. The lowest BCUT2D eigenvalue weighted by atomic mass is 9.75. The summed E-state index contributed by atoms with van der Waals surface area (Å²) in [5.74, 6) is -1.61. The van der Waals surface area contributed by atoms with Gasteiger partial charge in [0.2, 0.25) is 0 Å². The molecule has 0 fully saturated rings. The maximum atomic E-state index is 15.1. The third-order valence-electron chi connectivity index (χ3n) is 5.91. The number of fused-ring (bicyclic) bond motifs is 1. The van der Waals surface area contributed by atoms with E-state index in [2.05, 4.69) is 10.1 Å². The van der Waals surface area contributed by atoms with Gasteiger partial charge in [0.15, 0.2) is 6.29 Å². The number of hydrogen-bond donors (Lipinski definition) is 1. The number of carbonyl (C=O) groups is 1. The highest BCUT2D eigenvalue weighted by Gasteiger charge is 2.36. The van der Waals surface area contributed by atoms with Gasteiger partial charge in [0.25, 0.3) is 6.43 Å². The van der Waals surface area contributed by atoms with Gasteiger partial charge in [-0.05, 0) is 41.9 Å². The van der Waals surface area contributed by atoms with E-state index in [-0.39, 0.29) is 41.0 Å². The number of benzene rings is 2. The average molecular weight is 496 g/mol. The molecule has 2 aromatic carbocycles. The van der Waals surface area contributed by atoms with E-state index in [1.54, 1.807) is 31.1 Å². The van der Waals surface area contributed by atoms with Gasteiger partial charge in [0.05, 0.1) is 5.52 Å². The number of aliphatic hydroxyl groups is 1. The van der Waals surface area contributed by atoms with Crippen LogP contribution in [0.15, 0.2) is 48.8 Å². The van der Waals surface area contributed by atoms with Crippen LogP contribution < -0.4 is 0 Å². The number of carbonyl (C=O) groups excluding carboxylic acids is 1. The predicted octanol–water partition coefficient (Wildman–Crippen LogP) is 3.94. The number of halogens is 4. The van der Waals surface area contributed by atoms with Crippen molar-refractivity contribution in [2.24, 2.45) is 7.05 Å². The zero-order valence-corrected chi connectivity index (χ0v) is 19.4. The van der Waals surface area contributed by atoms with Crippen LogP contribution in [0.3, 0.4) is 0 Å². The average Bonchev–Trinajstić information content (AvgIpc) is 3.21. The summed E-state index contributed by atoms with van der Waals surface area (Å²) in [5, 5.41) is 14.5. The van der Waals surface area contributed by atoms with Crippen LogP contribution in [0.5, 0.6) is 0 Å². The summed E-state index contributed by atoms with van der Waals surface area (Å²) in [7, 11) is 8.64. The Labute approximate surface area is 205 Å². The molecule has 1 unspecified atom stereocenters. The van der Waals surface area contributed by atoms with Crippen molar-refractivity contribution in [3.05, 3.63) is 82.8 Å². The lowest BCUT2D eigenvalue weighted by molar-refractivity contribution is -0.0396. The number of rotatable bonds is 8. The lowest BCUT2D eigenvalue weighted by Crippen LogP contribution is -2.35. The number of aromatic nitrogens is 3. The summed E-state index contributed by atoms with van der Waals surface area (Å²) in [4.78, 5) is 16.8. The zero-order valence-electron chi connectivity index (χ0n) is 19.4. The van der Waals surface area contributed by atoms with Crippen LogP contribution in [-0.2, 0) is 25.6 Å². The second kappa shape index (κ2) is 9.83. The van der Waals surface area contributed by atoms with Gasteiger partial charge < -0.3 is 5.11 Å². The zero-order chi connectivity index (χ0) is 26.2. The number of aryl methyl sites for hydroxylation is 1. The molecule has 11 heteroatoms. The van der Waals surface area contributed by atoms with Crippen molar-refractivity contribution in [3.63, 3.8) is 0 Å². The van der Waals surface area contributed by atoms with Crippen molar-refractivity contribution in [3.8, 4) is 11.1 Å². The molecule has 0 aliphatic heterocycles. The third-order valence-corrected chi connectivity index (χ3v) is 5.91. The third kappa shape index (κ3) is 4.76. The van der Waals surface area contributed by atoms with E-state index in [9.17, 15) is 18.7 Å². The van der Waals surface area contributed by atoms with Crippen LogP contribution in [-0.4, -0.2) is 52.4 Å². The Hall–Kier alpha value is -3.57. The number of nitrogens with zero attached hydrogens (tertiary/aromatic N) is 4. The first-order chi connectivity index (χ1) is 17.0. The fourth-order valence-electron chi connectivity index (χ4n) is 4.13. The second-order valence-corrected chi connectivity index (χ2v) is 8.61. The molecule has 0 aliphatic carbocycles. The van der Waals surface area contributed by atoms with E-state index in [1.165, 1.54) is 29.2 Å². The summed E-state index contributed by atoms with van der Waals surface area (Å²) >= 11 is 0. The van der Waals surface area contributed by atoms with Crippen molar-refractivity contribution in [1.29, 1.82) is 0 Å². The Balaban J connectivity index is 1.69. The van der Waals surface area contributed by atoms with E-state index in [4.69, 9.17) is 7.85 Å². The van der Waals surface area contributed by atoms with Crippen LogP contribution in [0.1, 0.15) is 27.2 Å². The van der Waals surface area contributed by atoms with Gasteiger partial charge in [-0.1, -0.05) is 18.2 Å². The number of alkyl halides is 2. The molecule has 0 spiro atoms. The second-order valence-electron chi connectivity index (χ2n) is 8.61. The van der Waals surface area contributed by atoms with E-state index < -0.39 is 23.6 Å². The summed E-state index contributed by atoms with van der Waals surface area (Å²) in [6.45, 7) is 0.160. The molecule has 0 aliphatic rings. The number of hydrogen-bond acceptors (Lipinski definition) is 5. The predicted molar refractivity (Wildman–Crippen MR) is 127 cm³/mol. The standard InChI is InChI=1S/C25H21BF4N4O2/c1-33(10-14-4-3-7-31-22(14)13-35)11-18-20(27)8-15(9-21(18)28)16-5-6-19(25(26,36)24(29)30)23-17(16)12-34(2)32-23/h3-9,12-13,24,36H,10-11H2,1-2H3. The molecular formula is C25H21BF4N4O2. The Morgan fingerprint density at radius 1 is 1.19 bits per heavy atom. The van der Waals surface area contributed by atoms with Crippen LogP contribution >= 0.6 is 0 Å². The summed E-state index contributed by atoms with van der Waals surface area (Å²) in [6, 6.07) is 8.22. The minimum Gasteiger partial charge on any atom is -0.389 e. The summed E-state index contributed by atoms with van der Waals surface area (Å²) < 4.78 is 58.3. The fourth-order valence-corrected chi connectivity index (χ4v) is 4.13. The summed E-state index contributed by atoms with van der Waals surface area (Å²) in [6.07, 6.45) is 0.315. The van der Waals surface area contributed by atoms with Gasteiger partial charge in [0, 0.05) is 49.0 Å². The first-order valence-electron chi connectivity index (χ1n) is 10.8. The normalized spacial score (nSPS) is 13.5. The van der Waals surface area contributed by atoms with Gasteiger partial charge in [-0.2, -0.15) is 5.10 Å². The molecule has 1 N–H and O–H groups in total. The van der Waals surface area contributed by atoms with E-state index in [0.717, 1.165) is 12.1 Å². The maximum Gasteiger partial charge on any atom is 0.262 e. The minimum atomic E-state index is -3.28. The minimum absolute atomic E-state index is 0.00706. The molecule has 0 saturated heterocycles. The van der Waals surface area contributed by atoms with Crippen LogP contribution in [0.4, 0.5) is 17.6 Å². The van der Waals surface area contributed by atoms with Crippen LogP contribution in [0.2, 0.25) is 0 Å². The van der Waals surface area contributed by atoms with Gasteiger partial charge >= 0.3 is 0 Å². The monoisotopic (exact) mass is 496 g/mol. The van der Waals surface area contributed by atoms with E-state index in [0.29, 0.717) is 22.8 Å². The Morgan fingerprint density at radius 2 is 1.89 bits per heavy atom. The molecule has 1 atom stereocenters. The molecular weight excluding hydrogens is 475 g/mol. The maximum absolute atomic E-state index is 15.1. The van der Waals surface area contributed by atoms with Crippen molar-refractivity contribution in [2.45, 2.75) is 25.0 Å². The van der Waals surface area contributed by atoms with E-state index >= 15 is 8.78 Å². The molecule has 2 aromatic heterocycles. The molecule has 2 radical (unpaired) electrons. The van der Waals surface area contributed by atoms with Crippen molar-refractivity contribution in [2.75, 3.05) is 7.05 Å². The highest BCUT2D eigenvalue weighted by atomic mass is 19.3. The number of aldehydes is 1. The van der Waals surface area contributed by atoms with Crippen molar-refractivity contribution in [1.82, 2.24) is 19.7 Å². The quantitative estimate of drug-likeness (QED) is 0.228. The highest BCUT2D eigenvalue weighted by Crippen LogP contribution is 2.37. The first kappa shape index (κ1) is 25.5. The number of pyridine rings is 1. The molecule has 6 nitrogen and oxygen atoms in total. The highest BCUT2D eigenvalue weighted by molar-refractivity contribution is 6.16. The van der Waals surface area contributed by atoms with Gasteiger partial charge in [0.1, 0.15) is 30.7 Å². The topological polar surface area (TPSA) is 71.2 Å². The van der Waals surface area contributed by atoms with Gasteiger partial charge in [-0.3, -0.25) is 19.4 Å². The molecule has 36 heavy (non-hydrogen) atoms. The van der Waals surface area contributed by atoms with Crippen LogP contribution in [0, 0.1) is 11.6 Å². The first-order valence-corrected chi connectivity index (χ1v) is 10.8. The van der Waals surface area contributed by atoms with Crippen molar-refractivity contribution >= 4 is 25.0 Å². The molecule has 4 rings (SSSR count). The molecule has 2 heterocycles. The largest absolute Gasteiger partial charge is 0.389 e. The molecule has 0 saturated carbocycles. The van der Waals surface area contributed by atoms with E-state index in [1.807, 2.05) is 0 Å². The Morgan fingerprint density at radius 3 is 2.53 bits per heavy atom. The molecule has 184 valence electrons. The van der Waals surface area contributed by atoms with Crippen molar-refractivity contribution < 1.29 is 27.5 Å². The molecule has 4 aromatic rings. The lowest BCUT2D eigenvalue weighted by Gasteiger charge is -2.24. The summed E-state index contributed by atoms with van der Waals surface area (Å²) in [5.41, 5.74) is -2.08. The SMILES string of the molecule is [B]C(O)(c1ccc(-c2cc(F)c(CN(C)Cc3cccnc3C=O)c(F)c2)c2cn(C)nc12)C(F)F. The van der Waals surface area contributed by atoms with Crippen LogP contribution in [0.25, 0.3) is 22.0 Å². The Bertz CT molecular complexity index is 1420.